The van der Waals surface area contributed by atoms with Crippen molar-refractivity contribution in [2.75, 3.05) is 43.5 Å². The Kier molecular flexibility index (Phi) is 7.92. The van der Waals surface area contributed by atoms with Crippen LogP contribution in [0.25, 0.3) is 10.9 Å². The summed E-state index contributed by atoms with van der Waals surface area (Å²) < 4.78 is 17.0. The van der Waals surface area contributed by atoms with Crippen LogP contribution in [0.3, 0.4) is 0 Å². The molecule has 0 radical (unpaired) electrons. The monoisotopic (exact) mass is 566 g/mol. The zero-order valence-electron chi connectivity index (χ0n) is 23.8. The van der Waals surface area contributed by atoms with E-state index in [-0.39, 0.29) is 11.8 Å². The van der Waals surface area contributed by atoms with Crippen molar-refractivity contribution in [1.82, 2.24) is 9.88 Å². The number of aromatic nitrogens is 1. The molecule has 0 spiro atoms. The average Bonchev–Trinajstić information content (AvgIpc) is 3.42. The van der Waals surface area contributed by atoms with E-state index in [2.05, 4.69) is 27.4 Å². The Balaban J connectivity index is 1.09. The van der Waals surface area contributed by atoms with Crippen molar-refractivity contribution in [3.8, 4) is 17.4 Å². The van der Waals surface area contributed by atoms with E-state index in [1.54, 1.807) is 36.4 Å². The molecule has 1 fully saturated rings. The van der Waals surface area contributed by atoms with Crippen molar-refractivity contribution in [3.63, 3.8) is 0 Å². The smallest absolute Gasteiger partial charge is 0.255 e. The third-order valence-corrected chi connectivity index (χ3v) is 7.79. The Labute approximate surface area is 244 Å². The SMILES string of the molecule is Cc1ccc(NC(=O)c2ccc3c(c2)OCCO3)cc1NC(=O)c1ccc2nc(OCCN3CCCC3C)ccc2c1. The van der Waals surface area contributed by atoms with Gasteiger partial charge in [0, 0.05) is 46.5 Å². The maximum Gasteiger partial charge on any atom is 0.255 e. The maximum atomic E-state index is 13.2. The highest BCUT2D eigenvalue weighted by Gasteiger charge is 2.20. The zero-order valence-corrected chi connectivity index (χ0v) is 23.8. The van der Waals surface area contributed by atoms with Crippen LogP contribution in [-0.2, 0) is 0 Å². The quantitative estimate of drug-likeness (QED) is 0.283. The molecule has 0 bridgehead atoms. The molecule has 1 saturated heterocycles. The number of amides is 2. The molecule has 1 atom stereocenters. The van der Waals surface area contributed by atoms with E-state index < -0.39 is 0 Å². The second-order valence-corrected chi connectivity index (χ2v) is 10.7. The number of likely N-dealkylation sites (tertiary alicyclic amines) is 1. The van der Waals surface area contributed by atoms with Crippen molar-refractivity contribution < 1.29 is 23.8 Å². The summed E-state index contributed by atoms with van der Waals surface area (Å²) in [6.45, 7) is 7.70. The second kappa shape index (κ2) is 12.1. The number of anilines is 2. The van der Waals surface area contributed by atoms with Gasteiger partial charge in [-0.3, -0.25) is 14.5 Å². The van der Waals surface area contributed by atoms with E-state index in [1.807, 2.05) is 37.3 Å². The molecule has 2 aliphatic rings. The molecule has 2 amide bonds. The number of aryl methyl sites for hydroxylation is 1. The molecule has 42 heavy (non-hydrogen) atoms. The highest BCUT2D eigenvalue weighted by molar-refractivity contribution is 6.08. The molecular formula is C33H34N4O5. The predicted octanol–water partition coefficient (Wildman–Crippen LogP) is 5.68. The lowest BCUT2D eigenvalue weighted by atomic mass is 10.1. The number of rotatable bonds is 8. The minimum absolute atomic E-state index is 0.254. The number of nitrogens with zero attached hydrogens (tertiary/aromatic N) is 2. The van der Waals surface area contributed by atoms with Gasteiger partial charge in [0.1, 0.15) is 19.8 Å². The minimum Gasteiger partial charge on any atom is -0.486 e. The van der Waals surface area contributed by atoms with Crippen molar-refractivity contribution in [3.05, 3.63) is 83.4 Å². The number of nitrogens with one attached hydrogen (secondary N) is 2. The molecule has 2 aliphatic heterocycles. The van der Waals surface area contributed by atoms with Crippen LogP contribution in [0.1, 0.15) is 46.0 Å². The topological polar surface area (TPSA) is 102 Å². The summed E-state index contributed by atoms with van der Waals surface area (Å²) in [5.74, 6) is 1.21. The van der Waals surface area contributed by atoms with E-state index in [0.29, 0.717) is 65.7 Å². The van der Waals surface area contributed by atoms with Crippen LogP contribution < -0.4 is 24.8 Å². The standard InChI is InChI=1S/C33H34N4O5/c1-21-5-9-26(34-32(38)25-7-11-29-30(19-25)41-17-16-40-29)20-28(21)36-33(39)24-6-10-27-23(18-24)8-12-31(35-27)42-15-14-37-13-3-4-22(37)2/h5-12,18-20,22H,3-4,13-17H2,1-2H3,(H,34,38)(H,36,39). The van der Waals surface area contributed by atoms with Gasteiger partial charge >= 0.3 is 0 Å². The van der Waals surface area contributed by atoms with E-state index >= 15 is 0 Å². The zero-order chi connectivity index (χ0) is 29.1. The summed E-state index contributed by atoms with van der Waals surface area (Å²) in [5, 5.41) is 6.72. The lowest BCUT2D eigenvalue weighted by Gasteiger charge is -2.20. The summed E-state index contributed by atoms with van der Waals surface area (Å²) in [6, 6.07) is 20.3. The minimum atomic E-state index is -0.288. The van der Waals surface area contributed by atoms with E-state index in [1.165, 1.54) is 12.8 Å². The van der Waals surface area contributed by atoms with Crippen molar-refractivity contribution in [1.29, 1.82) is 0 Å². The fourth-order valence-electron chi connectivity index (χ4n) is 5.34. The number of ether oxygens (including phenoxy) is 3. The Morgan fingerprint density at radius 3 is 2.55 bits per heavy atom. The molecule has 2 N–H and O–H groups in total. The van der Waals surface area contributed by atoms with Crippen LogP contribution in [0.5, 0.6) is 17.4 Å². The van der Waals surface area contributed by atoms with E-state index in [4.69, 9.17) is 14.2 Å². The van der Waals surface area contributed by atoms with Crippen LogP contribution >= 0.6 is 0 Å². The van der Waals surface area contributed by atoms with Crippen LogP contribution in [-0.4, -0.2) is 60.7 Å². The lowest BCUT2D eigenvalue weighted by Crippen LogP contribution is -2.31. The van der Waals surface area contributed by atoms with Gasteiger partial charge in [-0.2, -0.15) is 0 Å². The van der Waals surface area contributed by atoms with Gasteiger partial charge in [0.25, 0.3) is 11.8 Å². The molecule has 3 heterocycles. The molecule has 6 rings (SSSR count). The van der Waals surface area contributed by atoms with E-state index in [0.717, 1.165) is 29.6 Å². The highest BCUT2D eigenvalue weighted by atomic mass is 16.6. The fraction of sp³-hybridized carbons (Fsp3) is 0.303. The second-order valence-electron chi connectivity index (χ2n) is 10.7. The number of hydrogen-bond acceptors (Lipinski definition) is 7. The normalized spacial score (nSPS) is 16.3. The number of carbonyl (C=O) groups is 2. The number of carbonyl (C=O) groups excluding carboxylic acids is 2. The Bertz CT molecular complexity index is 1640. The van der Waals surface area contributed by atoms with Crippen molar-refractivity contribution >= 4 is 34.1 Å². The summed E-state index contributed by atoms with van der Waals surface area (Å²) in [6.07, 6.45) is 2.49. The summed E-state index contributed by atoms with van der Waals surface area (Å²) >= 11 is 0. The van der Waals surface area contributed by atoms with Gasteiger partial charge in [-0.25, -0.2) is 4.98 Å². The Hall–Kier alpha value is -4.63. The first-order valence-electron chi connectivity index (χ1n) is 14.3. The molecule has 9 nitrogen and oxygen atoms in total. The van der Waals surface area contributed by atoms with Crippen molar-refractivity contribution in [2.24, 2.45) is 0 Å². The molecule has 0 aliphatic carbocycles. The fourth-order valence-corrected chi connectivity index (χ4v) is 5.34. The maximum absolute atomic E-state index is 13.2. The summed E-state index contributed by atoms with van der Waals surface area (Å²) in [5.41, 5.74) is 3.75. The van der Waals surface area contributed by atoms with E-state index in [9.17, 15) is 9.59 Å². The van der Waals surface area contributed by atoms with Gasteiger partial charge in [-0.1, -0.05) is 6.07 Å². The number of hydrogen-bond donors (Lipinski definition) is 2. The van der Waals surface area contributed by atoms with Crippen LogP contribution in [0, 0.1) is 6.92 Å². The first-order chi connectivity index (χ1) is 20.4. The number of benzene rings is 3. The molecule has 216 valence electrons. The van der Waals surface area contributed by atoms with Gasteiger partial charge in [-0.05, 0) is 93.4 Å². The average molecular weight is 567 g/mol. The highest BCUT2D eigenvalue weighted by Crippen LogP contribution is 2.31. The van der Waals surface area contributed by atoms with Gasteiger partial charge in [-0.15, -0.1) is 0 Å². The van der Waals surface area contributed by atoms with Crippen LogP contribution in [0.15, 0.2) is 66.7 Å². The summed E-state index contributed by atoms with van der Waals surface area (Å²) in [7, 11) is 0. The van der Waals surface area contributed by atoms with Gasteiger partial charge in [0.15, 0.2) is 11.5 Å². The Morgan fingerprint density at radius 1 is 0.929 bits per heavy atom. The Morgan fingerprint density at radius 2 is 1.71 bits per heavy atom. The van der Waals surface area contributed by atoms with Crippen molar-refractivity contribution in [2.45, 2.75) is 32.7 Å². The first-order valence-corrected chi connectivity index (χ1v) is 14.3. The molecule has 9 heteroatoms. The van der Waals surface area contributed by atoms with Gasteiger partial charge in [0.2, 0.25) is 5.88 Å². The predicted molar refractivity (Wildman–Crippen MR) is 162 cm³/mol. The molecule has 1 aromatic heterocycles. The van der Waals surface area contributed by atoms with Crippen LogP contribution in [0.2, 0.25) is 0 Å². The molecule has 3 aromatic carbocycles. The third-order valence-electron chi connectivity index (χ3n) is 7.79. The third kappa shape index (κ3) is 6.16. The molecular weight excluding hydrogens is 532 g/mol. The largest absolute Gasteiger partial charge is 0.486 e. The first kappa shape index (κ1) is 27.5. The van der Waals surface area contributed by atoms with Gasteiger partial charge < -0.3 is 24.8 Å². The lowest BCUT2D eigenvalue weighted by molar-refractivity contribution is 0.101. The summed E-state index contributed by atoms with van der Waals surface area (Å²) in [4.78, 5) is 33.2. The number of fused-ring (bicyclic) bond motifs is 2. The number of pyridine rings is 1. The molecule has 0 saturated carbocycles. The molecule has 1 unspecified atom stereocenters. The molecule has 4 aromatic rings. The van der Waals surface area contributed by atoms with Crippen LogP contribution in [0.4, 0.5) is 11.4 Å². The van der Waals surface area contributed by atoms with Gasteiger partial charge in [0.05, 0.1) is 5.52 Å².